The molecule has 0 spiro atoms. The lowest BCUT2D eigenvalue weighted by atomic mass is 10.0. The summed E-state index contributed by atoms with van der Waals surface area (Å²) in [6.07, 6.45) is 6.90. The summed E-state index contributed by atoms with van der Waals surface area (Å²) in [6, 6.07) is 14.9. The van der Waals surface area contributed by atoms with Crippen LogP contribution >= 0.6 is 0 Å². The number of carbonyl (C=O) groups is 1. The van der Waals surface area contributed by atoms with Gasteiger partial charge in [0.1, 0.15) is 5.82 Å². The Kier molecular flexibility index (Phi) is 6.45. The molecule has 3 heterocycles. The normalized spacial score (nSPS) is 17.1. The molecule has 0 radical (unpaired) electrons. The molecule has 0 N–H and O–H groups in total. The molecule has 1 fully saturated rings. The molecule has 6 nitrogen and oxygen atoms in total. The van der Waals surface area contributed by atoms with Crippen molar-refractivity contribution in [2.45, 2.75) is 13.3 Å². The van der Waals surface area contributed by atoms with Gasteiger partial charge in [0.15, 0.2) is 0 Å². The summed E-state index contributed by atoms with van der Waals surface area (Å²) in [5.41, 5.74) is 5.64. The van der Waals surface area contributed by atoms with Gasteiger partial charge in [-0.3, -0.25) is 9.69 Å². The molecule has 2 aliphatic heterocycles. The largest absolute Gasteiger partial charge is 0.368 e. The zero-order valence-corrected chi connectivity index (χ0v) is 19.5. The van der Waals surface area contributed by atoms with E-state index in [0.717, 1.165) is 56.9 Å². The summed E-state index contributed by atoms with van der Waals surface area (Å²) < 4.78 is 14.9. The molecular weight excluding hydrogens is 429 g/mol. The van der Waals surface area contributed by atoms with Crippen molar-refractivity contribution < 1.29 is 9.18 Å². The quantitative estimate of drug-likeness (QED) is 0.583. The van der Waals surface area contributed by atoms with Crippen LogP contribution in [-0.2, 0) is 4.79 Å². The lowest BCUT2D eigenvalue weighted by Crippen LogP contribution is -2.51. The molecule has 1 saturated heterocycles. The molecule has 2 aliphatic rings. The second kappa shape index (κ2) is 9.81. The van der Waals surface area contributed by atoms with Crippen LogP contribution < -0.4 is 4.90 Å². The van der Waals surface area contributed by atoms with E-state index in [-0.39, 0.29) is 11.7 Å². The molecule has 0 aliphatic carbocycles. The van der Waals surface area contributed by atoms with Gasteiger partial charge in [0.25, 0.3) is 0 Å². The van der Waals surface area contributed by atoms with Crippen molar-refractivity contribution >= 4 is 17.2 Å². The highest BCUT2D eigenvalue weighted by Gasteiger charge is 2.24. The van der Waals surface area contributed by atoms with Gasteiger partial charge in [0.2, 0.25) is 5.91 Å². The second-order valence-corrected chi connectivity index (χ2v) is 9.07. The van der Waals surface area contributed by atoms with Crippen molar-refractivity contribution in [3.63, 3.8) is 0 Å². The maximum absolute atomic E-state index is 13.2. The van der Waals surface area contributed by atoms with E-state index in [1.807, 2.05) is 17.3 Å². The SMILES string of the molecule is Cc1ccc(N2CCN(C(=O)CN3CC=C(c4cnn(-c5ccc(F)cc5)c4)CC3)CC2)cc1. The molecule has 3 aromatic rings. The zero-order valence-electron chi connectivity index (χ0n) is 19.5. The third kappa shape index (κ3) is 5.04. The first-order valence-electron chi connectivity index (χ1n) is 11.9. The number of nitrogens with zero attached hydrogens (tertiary/aromatic N) is 5. The smallest absolute Gasteiger partial charge is 0.236 e. The highest BCUT2D eigenvalue weighted by molar-refractivity contribution is 5.79. The van der Waals surface area contributed by atoms with Crippen molar-refractivity contribution in [1.82, 2.24) is 19.6 Å². The van der Waals surface area contributed by atoms with Crippen molar-refractivity contribution in [2.24, 2.45) is 0 Å². The molecule has 34 heavy (non-hydrogen) atoms. The second-order valence-electron chi connectivity index (χ2n) is 9.07. The third-order valence-corrected chi connectivity index (χ3v) is 6.73. The summed E-state index contributed by atoms with van der Waals surface area (Å²) in [5, 5.41) is 4.43. The van der Waals surface area contributed by atoms with Crippen LogP contribution in [0.5, 0.6) is 0 Å². The number of aromatic nitrogens is 2. The number of carbonyl (C=O) groups excluding carboxylic acids is 1. The Hall–Kier alpha value is -3.45. The van der Waals surface area contributed by atoms with Gasteiger partial charge in [0, 0.05) is 56.7 Å². The van der Waals surface area contributed by atoms with Gasteiger partial charge < -0.3 is 9.80 Å². The summed E-state index contributed by atoms with van der Waals surface area (Å²) >= 11 is 0. The van der Waals surface area contributed by atoms with Crippen LogP contribution in [0.4, 0.5) is 10.1 Å². The first-order chi connectivity index (χ1) is 16.5. The summed E-state index contributed by atoms with van der Waals surface area (Å²) in [6.45, 7) is 7.44. The molecular formula is C27H30FN5O. The Bertz CT molecular complexity index is 1160. The minimum Gasteiger partial charge on any atom is -0.368 e. The Labute approximate surface area is 199 Å². The number of hydrogen-bond donors (Lipinski definition) is 0. The van der Waals surface area contributed by atoms with Gasteiger partial charge in [-0.2, -0.15) is 5.10 Å². The number of anilines is 1. The maximum atomic E-state index is 13.2. The first kappa shape index (κ1) is 22.3. The van der Waals surface area contributed by atoms with Crippen molar-refractivity contribution in [2.75, 3.05) is 50.7 Å². The fourth-order valence-electron chi connectivity index (χ4n) is 4.60. The molecule has 1 aromatic heterocycles. The van der Waals surface area contributed by atoms with Crippen molar-refractivity contribution in [3.05, 3.63) is 83.9 Å². The van der Waals surface area contributed by atoms with E-state index >= 15 is 0 Å². The van der Waals surface area contributed by atoms with Crippen LogP contribution in [0, 0.1) is 12.7 Å². The number of benzene rings is 2. The summed E-state index contributed by atoms with van der Waals surface area (Å²) in [7, 11) is 0. The Morgan fingerprint density at radius 3 is 2.32 bits per heavy atom. The van der Waals surface area contributed by atoms with Gasteiger partial charge in [-0.05, 0) is 55.3 Å². The molecule has 0 unspecified atom stereocenters. The summed E-state index contributed by atoms with van der Waals surface area (Å²) in [5.74, 6) is -0.0431. The van der Waals surface area contributed by atoms with Crippen molar-refractivity contribution in [3.8, 4) is 5.69 Å². The van der Waals surface area contributed by atoms with Gasteiger partial charge in [0.05, 0.1) is 18.4 Å². The van der Waals surface area contributed by atoms with Gasteiger partial charge >= 0.3 is 0 Å². The minimum atomic E-state index is -0.256. The Morgan fingerprint density at radius 2 is 1.65 bits per heavy atom. The lowest BCUT2D eigenvalue weighted by molar-refractivity contribution is -0.132. The number of halogens is 1. The topological polar surface area (TPSA) is 44.6 Å². The van der Waals surface area contributed by atoms with E-state index in [1.54, 1.807) is 16.8 Å². The fraction of sp³-hybridized carbons (Fsp3) is 0.333. The number of piperazine rings is 1. The first-order valence-corrected chi connectivity index (χ1v) is 11.9. The van der Waals surface area contributed by atoms with E-state index in [2.05, 4.69) is 52.2 Å². The molecule has 2 aromatic carbocycles. The van der Waals surface area contributed by atoms with Crippen LogP contribution in [0.2, 0.25) is 0 Å². The molecule has 0 bridgehead atoms. The van der Waals surface area contributed by atoms with Gasteiger partial charge in [-0.15, -0.1) is 0 Å². The van der Waals surface area contributed by atoms with Crippen LogP contribution in [0.15, 0.2) is 67.0 Å². The zero-order chi connectivity index (χ0) is 23.5. The van der Waals surface area contributed by atoms with E-state index in [4.69, 9.17) is 0 Å². The fourth-order valence-corrected chi connectivity index (χ4v) is 4.60. The predicted octanol–water partition coefficient (Wildman–Crippen LogP) is 3.76. The van der Waals surface area contributed by atoms with Crippen LogP contribution in [0.1, 0.15) is 17.5 Å². The Morgan fingerprint density at radius 1 is 0.941 bits per heavy atom. The standard InChI is InChI=1S/C27H30FN5O/c1-21-2-6-25(7-3-21)31-14-16-32(17-15-31)27(34)20-30-12-10-22(11-13-30)23-18-29-33(19-23)26-8-4-24(28)5-9-26/h2-10,18-19H,11-17,20H2,1H3. The predicted molar refractivity (Wildman–Crippen MR) is 133 cm³/mol. The van der Waals surface area contributed by atoms with Gasteiger partial charge in [-0.1, -0.05) is 23.8 Å². The Balaban J connectivity index is 1.12. The molecule has 1 amide bonds. The van der Waals surface area contributed by atoms with E-state index in [9.17, 15) is 9.18 Å². The molecule has 0 saturated carbocycles. The molecule has 5 rings (SSSR count). The number of hydrogen-bond acceptors (Lipinski definition) is 4. The number of rotatable bonds is 5. The van der Waals surface area contributed by atoms with E-state index in [1.165, 1.54) is 29.0 Å². The maximum Gasteiger partial charge on any atom is 0.236 e. The van der Waals surface area contributed by atoms with Crippen LogP contribution in [0.25, 0.3) is 11.3 Å². The minimum absolute atomic E-state index is 0.213. The van der Waals surface area contributed by atoms with E-state index in [0.29, 0.717) is 6.54 Å². The van der Waals surface area contributed by atoms with E-state index < -0.39 is 0 Å². The monoisotopic (exact) mass is 459 g/mol. The van der Waals surface area contributed by atoms with Gasteiger partial charge in [-0.25, -0.2) is 9.07 Å². The van der Waals surface area contributed by atoms with Crippen LogP contribution in [0.3, 0.4) is 0 Å². The number of aryl methyl sites for hydroxylation is 1. The molecule has 7 heteroatoms. The van der Waals surface area contributed by atoms with Crippen LogP contribution in [-0.4, -0.2) is 71.3 Å². The average molecular weight is 460 g/mol. The number of amides is 1. The third-order valence-electron chi connectivity index (χ3n) is 6.73. The summed E-state index contributed by atoms with van der Waals surface area (Å²) in [4.78, 5) is 19.5. The lowest BCUT2D eigenvalue weighted by Gasteiger charge is -2.37. The van der Waals surface area contributed by atoms with Crippen molar-refractivity contribution in [1.29, 1.82) is 0 Å². The average Bonchev–Trinajstić information content (AvgIpc) is 3.36. The molecule has 0 atom stereocenters. The highest BCUT2D eigenvalue weighted by atomic mass is 19.1. The molecule has 176 valence electrons. The highest BCUT2D eigenvalue weighted by Crippen LogP contribution is 2.23.